The molecule has 2 aromatic rings. The molecule has 2 aliphatic carbocycles. The van der Waals surface area contributed by atoms with Crippen LogP contribution >= 0.6 is 0 Å². The summed E-state index contributed by atoms with van der Waals surface area (Å²) in [5.41, 5.74) is -0.372. The summed E-state index contributed by atoms with van der Waals surface area (Å²) < 4.78 is 11.8. The van der Waals surface area contributed by atoms with Crippen LogP contribution in [0.25, 0.3) is 0 Å². The van der Waals surface area contributed by atoms with E-state index in [0.29, 0.717) is 24.4 Å². The van der Waals surface area contributed by atoms with Crippen molar-refractivity contribution in [1.82, 2.24) is 9.97 Å². The number of nitrogens with one attached hydrogen (secondary N) is 1. The van der Waals surface area contributed by atoms with Crippen molar-refractivity contribution in [2.24, 2.45) is 5.92 Å². The Kier molecular flexibility index (Phi) is 5.66. The quantitative estimate of drug-likeness (QED) is 0.721. The van der Waals surface area contributed by atoms with Gasteiger partial charge >= 0.3 is 6.09 Å². The number of ether oxygens (including phenoxy) is 2. The van der Waals surface area contributed by atoms with Gasteiger partial charge in [0, 0.05) is 12.7 Å². The Morgan fingerprint density at radius 1 is 1.10 bits per heavy atom. The fraction of sp³-hybridized carbons (Fsp3) is 0.542. The largest absolute Gasteiger partial charge is 0.489 e. The molecule has 3 aliphatic rings. The molecule has 3 heterocycles. The predicted molar refractivity (Wildman–Crippen MR) is 118 cm³/mol. The van der Waals surface area contributed by atoms with Gasteiger partial charge in [-0.2, -0.15) is 0 Å². The van der Waals surface area contributed by atoms with Crippen LogP contribution in [0.5, 0.6) is 5.75 Å². The molecule has 1 N–H and O–H groups in total. The second-order valence-electron chi connectivity index (χ2n) is 9.05. The molecule has 3 fully saturated rings. The molecule has 1 amide bonds. The van der Waals surface area contributed by atoms with Crippen molar-refractivity contribution in [3.63, 3.8) is 0 Å². The Bertz CT molecular complexity index is 875. The Balaban J connectivity index is 1.09. The number of amides is 1. The van der Waals surface area contributed by atoms with Gasteiger partial charge in [0.1, 0.15) is 23.0 Å². The topological polar surface area (TPSA) is 76.6 Å². The molecule has 0 bridgehead atoms. The minimum Gasteiger partial charge on any atom is -0.489 e. The van der Waals surface area contributed by atoms with Gasteiger partial charge in [-0.3, -0.25) is 4.90 Å². The highest BCUT2D eigenvalue weighted by atomic mass is 16.6. The van der Waals surface area contributed by atoms with Crippen LogP contribution in [0.1, 0.15) is 51.4 Å². The summed E-state index contributed by atoms with van der Waals surface area (Å²) in [7, 11) is 0. The average molecular weight is 423 g/mol. The Hall–Kier alpha value is -2.83. The Morgan fingerprint density at radius 3 is 2.65 bits per heavy atom. The van der Waals surface area contributed by atoms with E-state index in [4.69, 9.17) is 9.47 Å². The monoisotopic (exact) mass is 422 g/mol. The predicted octanol–water partition coefficient (Wildman–Crippen LogP) is 4.80. The number of hydrogen-bond acceptors (Lipinski definition) is 6. The van der Waals surface area contributed by atoms with E-state index in [1.807, 2.05) is 36.5 Å². The van der Waals surface area contributed by atoms with Crippen LogP contribution in [0.15, 0.2) is 42.7 Å². The van der Waals surface area contributed by atoms with Gasteiger partial charge in [-0.25, -0.2) is 14.8 Å². The Morgan fingerprint density at radius 2 is 1.94 bits per heavy atom. The molecule has 2 saturated carbocycles. The number of pyridine rings is 2. The fourth-order valence-corrected chi connectivity index (χ4v) is 4.98. The maximum atomic E-state index is 12.4. The summed E-state index contributed by atoms with van der Waals surface area (Å²) in [5.74, 6) is 2.95. The smallest absolute Gasteiger partial charge is 0.416 e. The fourth-order valence-electron chi connectivity index (χ4n) is 4.98. The lowest BCUT2D eigenvalue weighted by Crippen LogP contribution is -2.39. The molecular formula is C24H30N4O3. The van der Waals surface area contributed by atoms with E-state index in [0.717, 1.165) is 56.6 Å². The van der Waals surface area contributed by atoms with E-state index in [2.05, 4.69) is 15.3 Å². The number of carbonyl (C=O) groups excluding carboxylic acids is 1. The molecule has 0 unspecified atom stereocenters. The van der Waals surface area contributed by atoms with E-state index in [9.17, 15) is 4.79 Å². The molecule has 2 aromatic heterocycles. The number of nitrogens with zero attached hydrogens (tertiary/aromatic N) is 3. The number of carbonyl (C=O) groups is 1. The third-order valence-corrected chi connectivity index (χ3v) is 6.83. The molecule has 31 heavy (non-hydrogen) atoms. The Labute approximate surface area is 183 Å². The minimum absolute atomic E-state index is 0.278. The summed E-state index contributed by atoms with van der Waals surface area (Å²) in [6.45, 7) is 1.47. The lowest BCUT2D eigenvalue weighted by Gasteiger charge is -2.35. The molecule has 0 atom stereocenters. The van der Waals surface area contributed by atoms with Gasteiger partial charge in [0.25, 0.3) is 0 Å². The van der Waals surface area contributed by atoms with Crippen molar-refractivity contribution < 1.29 is 14.3 Å². The van der Waals surface area contributed by atoms with Crippen LogP contribution in [-0.4, -0.2) is 40.9 Å². The molecule has 0 aromatic carbocycles. The second kappa shape index (κ2) is 8.73. The lowest BCUT2D eigenvalue weighted by atomic mass is 9.78. The average Bonchev–Trinajstić information content (AvgIpc) is 3.43. The zero-order valence-electron chi connectivity index (χ0n) is 17.8. The highest BCUT2D eigenvalue weighted by Gasteiger charge is 2.47. The van der Waals surface area contributed by atoms with Gasteiger partial charge in [-0.05, 0) is 81.5 Å². The van der Waals surface area contributed by atoms with Crippen LogP contribution in [0.2, 0.25) is 0 Å². The summed E-state index contributed by atoms with van der Waals surface area (Å²) in [6, 6.07) is 9.60. The highest BCUT2D eigenvalue weighted by molar-refractivity contribution is 5.89. The molecule has 1 spiro atoms. The summed E-state index contributed by atoms with van der Waals surface area (Å²) in [6.07, 6.45) is 12.3. The van der Waals surface area contributed by atoms with Gasteiger partial charge < -0.3 is 14.8 Å². The third kappa shape index (κ3) is 4.60. The lowest BCUT2D eigenvalue weighted by molar-refractivity contribution is 0.0148. The third-order valence-electron chi connectivity index (χ3n) is 6.83. The van der Waals surface area contributed by atoms with Gasteiger partial charge in [0.15, 0.2) is 0 Å². The normalized spacial score (nSPS) is 26.3. The molecule has 1 saturated heterocycles. The minimum atomic E-state index is -0.372. The number of hydrogen-bond donors (Lipinski definition) is 1. The zero-order valence-corrected chi connectivity index (χ0v) is 17.8. The van der Waals surface area contributed by atoms with E-state index < -0.39 is 0 Å². The number of rotatable bonds is 6. The zero-order chi connectivity index (χ0) is 21.1. The molecule has 7 heteroatoms. The van der Waals surface area contributed by atoms with Crippen molar-refractivity contribution in [3.8, 4) is 5.75 Å². The molecule has 7 nitrogen and oxygen atoms in total. The molecule has 0 radical (unpaired) electrons. The molecule has 1 aliphatic heterocycles. The standard InChI is InChI=1S/C24H30N4O3/c29-23-28(22-7-3-4-14-25-22)17-24(31-23)12-10-18(11-13-24)15-26-21-9-8-20(16-27-21)30-19-5-1-2-6-19/h3-4,7-9,14,16,18-19H,1-2,5-6,10-13,15,17H2,(H,26,27). The second-order valence-corrected chi connectivity index (χ2v) is 9.05. The molecule has 164 valence electrons. The van der Waals surface area contributed by atoms with Gasteiger partial charge in [-0.1, -0.05) is 6.07 Å². The van der Waals surface area contributed by atoms with E-state index in [1.54, 1.807) is 11.1 Å². The van der Waals surface area contributed by atoms with Crippen molar-refractivity contribution in [3.05, 3.63) is 42.7 Å². The summed E-state index contributed by atoms with van der Waals surface area (Å²) in [5, 5.41) is 3.46. The molecule has 5 rings (SSSR count). The number of anilines is 2. The summed E-state index contributed by atoms with van der Waals surface area (Å²) >= 11 is 0. The van der Waals surface area contributed by atoms with E-state index >= 15 is 0 Å². The maximum Gasteiger partial charge on any atom is 0.416 e. The van der Waals surface area contributed by atoms with Crippen LogP contribution in [0, 0.1) is 5.92 Å². The highest BCUT2D eigenvalue weighted by Crippen LogP contribution is 2.40. The first-order valence-corrected chi connectivity index (χ1v) is 11.5. The number of aromatic nitrogens is 2. The van der Waals surface area contributed by atoms with Crippen LogP contribution in [-0.2, 0) is 4.74 Å². The first-order valence-electron chi connectivity index (χ1n) is 11.5. The van der Waals surface area contributed by atoms with Crippen molar-refractivity contribution in [2.75, 3.05) is 23.3 Å². The van der Waals surface area contributed by atoms with Crippen molar-refractivity contribution in [1.29, 1.82) is 0 Å². The first kappa shape index (κ1) is 20.1. The van der Waals surface area contributed by atoms with Crippen molar-refractivity contribution in [2.45, 2.75) is 63.1 Å². The van der Waals surface area contributed by atoms with Crippen LogP contribution < -0.4 is 15.0 Å². The summed E-state index contributed by atoms with van der Waals surface area (Å²) in [4.78, 5) is 22.9. The van der Waals surface area contributed by atoms with Crippen LogP contribution in [0.4, 0.5) is 16.4 Å². The SMILES string of the molecule is O=C1OC2(CCC(CNc3ccc(OC4CCCC4)cn3)CC2)CN1c1ccccn1. The van der Waals surface area contributed by atoms with Gasteiger partial charge in [0.05, 0.1) is 18.8 Å². The van der Waals surface area contributed by atoms with Crippen LogP contribution in [0.3, 0.4) is 0 Å². The van der Waals surface area contributed by atoms with Gasteiger partial charge in [0.2, 0.25) is 0 Å². The maximum absolute atomic E-state index is 12.4. The first-order chi connectivity index (χ1) is 15.2. The van der Waals surface area contributed by atoms with E-state index in [1.165, 1.54) is 12.8 Å². The van der Waals surface area contributed by atoms with Gasteiger partial charge in [-0.15, -0.1) is 0 Å². The molecular weight excluding hydrogens is 392 g/mol. The van der Waals surface area contributed by atoms with Crippen molar-refractivity contribution >= 4 is 17.7 Å². The van der Waals surface area contributed by atoms with E-state index in [-0.39, 0.29) is 11.7 Å².